The van der Waals surface area contributed by atoms with Crippen LogP contribution in [0.4, 0.5) is 17.1 Å². The summed E-state index contributed by atoms with van der Waals surface area (Å²) < 4.78 is 11.0. The van der Waals surface area contributed by atoms with Crippen LogP contribution in [0.3, 0.4) is 0 Å². The molecule has 11 heteroatoms. The van der Waals surface area contributed by atoms with E-state index in [0.29, 0.717) is 50.6 Å². The molecule has 0 spiro atoms. The smallest absolute Gasteiger partial charge is 0.271 e. The second-order valence-electron chi connectivity index (χ2n) is 9.07. The third-order valence-electron chi connectivity index (χ3n) is 6.16. The van der Waals surface area contributed by atoms with E-state index in [1.54, 1.807) is 65.4 Å². The van der Waals surface area contributed by atoms with Gasteiger partial charge >= 0.3 is 0 Å². The van der Waals surface area contributed by atoms with Gasteiger partial charge in [0.05, 0.1) is 33.9 Å². The number of anilines is 1. The molecule has 5 rings (SSSR count). The number of benzene rings is 3. The Balaban J connectivity index is 1.60. The van der Waals surface area contributed by atoms with Crippen molar-refractivity contribution in [3.05, 3.63) is 81.9 Å². The maximum absolute atomic E-state index is 12.4. The van der Waals surface area contributed by atoms with Crippen LogP contribution >= 0.6 is 0 Å². The van der Waals surface area contributed by atoms with Gasteiger partial charge in [0, 0.05) is 35.8 Å². The van der Waals surface area contributed by atoms with Gasteiger partial charge < -0.3 is 29.4 Å². The summed E-state index contributed by atoms with van der Waals surface area (Å²) >= 11 is 0. The van der Waals surface area contributed by atoms with E-state index in [1.165, 1.54) is 12.1 Å². The lowest BCUT2D eigenvalue weighted by Crippen LogP contribution is -2.34. The molecule has 1 amide bonds. The van der Waals surface area contributed by atoms with E-state index in [1.807, 2.05) is 14.1 Å². The van der Waals surface area contributed by atoms with Gasteiger partial charge in [-0.1, -0.05) is 0 Å². The Morgan fingerprint density at radius 1 is 1.05 bits per heavy atom. The number of rotatable bonds is 7. The third-order valence-corrected chi connectivity index (χ3v) is 6.16. The Bertz CT molecular complexity index is 1580. The minimum Gasteiger partial charge on any atom is -0.494 e. The number of aromatic amines is 1. The van der Waals surface area contributed by atoms with E-state index in [2.05, 4.69) is 4.98 Å². The van der Waals surface area contributed by atoms with E-state index < -0.39 is 4.92 Å². The van der Waals surface area contributed by atoms with Crippen molar-refractivity contribution in [2.45, 2.75) is 0 Å². The first-order valence-corrected chi connectivity index (χ1v) is 11.7. The van der Waals surface area contributed by atoms with Crippen LogP contribution in [-0.4, -0.2) is 66.0 Å². The molecular weight excluding hydrogens is 490 g/mol. The van der Waals surface area contributed by atoms with E-state index in [4.69, 9.17) is 14.5 Å². The van der Waals surface area contributed by atoms with Crippen LogP contribution in [-0.2, 0) is 4.79 Å². The Morgan fingerprint density at radius 2 is 1.79 bits per heavy atom. The van der Waals surface area contributed by atoms with Crippen molar-refractivity contribution in [1.82, 2.24) is 9.88 Å². The molecule has 0 radical (unpaired) electrons. The van der Waals surface area contributed by atoms with Crippen molar-refractivity contribution >= 4 is 39.6 Å². The summed E-state index contributed by atoms with van der Waals surface area (Å²) in [6.45, 7) is 0.386. The molecular formula is C27H25N5O6. The van der Waals surface area contributed by atoms with Crippen LogP contribution in [0.5, 0.6) is 17.4 Å². The fraction of sp³-hybridized carbons (Fsp3) is 0.185. The van der Waals surface area contributed by atoms with Crippen LogP contribution in [0.15, 0.2) is 65.7 Å². The maximum atomic E-state index is 12.4. The molecule has 2 N–H and O–H groups in total. The number of ether oxygens (including phenoxy) is 2. The van der Waals surface area contributed by atoms with E-state index >= 15 is 0 Å². The van der Waals surface area contributed by atoms with Gasteiger partial charge in [0.15, 0.2) is 17.4 Å². The average molecular weight is 516 g/mol. The molecule has 0 aliphatic carbocycles. The maximum Gasteiger partial charge on any atom is 0.271 e. The monoisotopic (exact) mass is 515 g/mol. The summed E-state index contributed by atoms with van der Waals surface area (Å²) in [6.07, 6.45) is 0. The number of amides is 1. The molecule has 0 saturated carbocycles. The number of hydrogen-bond donors (Lipinski definition) is 2. The van der Waals surface area contributed by atoms with Crippen molar-refractivity contribution in [2.75, 3.05) is 39.4 Å². The quantitative estimate of drug-likeness (QED) is 0.214. The zero-order valence-electron chi connectivity index (χ0n) is 21.0. The van der Waals surface area contributed by atoms with Crippen LogP contribution < -0.4 is 14.4 Å². The predicted molar refractivity (Wildman–Crippen MR) is 143 cm³/mol. The standard InChI is InChI=1S/C27H25N5O6/c1-30(2)14-24(33)31(3)18-7-5-17(6-8-18)28-26(16-4-11-22-23(12-16)38-15-37-22)25-20-10-9-19(32(35)36)13-21(20)29-27(25)34/h4-13,29,34H,14-15H2,1-3H3. The number of carbonyl (C=O) groups excluding carboxylic acids is 1. The molecule has 2 heterocycles. The molecule has 1 aliphatic rings. The van der Waals surface area contributed by atoms with Gasteiger partial charge in [-0.3, -0.25) is 14.9 Å². The largest absolute Gasteiger partial charge is 0.494 e. The van der Waals surface area contributed by atoms with Gasteiger partial charge in [-0.15, -0.1) is 0 Å². The molecule has 0 fully saturated rings. The molecule has 4 aromatic rings. The van der Waals surface area contributed by atoms with Gasteiger partial charge in [0.1, 0.15) is 0 Å². The lowest BCUT2D eigenvalue weighted by atomic mass is 10.00. The molecule has 3 aromatic carbocycles. The van der Waals surface area contributed by atoms with Crippen LogP contribution in [0.25, 0.3) is 10.9 Å². The molecule has 38 heavy (non-hydrogen) atoms. The van der Waals surface area contributed by atoms with E-state index in [9.17, 15) is 20.0 Å². The number of aromatic hydroxyl groups is 1. The highest BCUT2D eigenvalue weighted by molar-refractivity contribution is 6.22. The number of aliphatic imine (C=N–C) groups is 1. The Labute approximate surface area is 217 Å². The summed E-state index contributed by atoms with van der Waals surface area (Å²) in [5, 5.41) is 22.7. The fourth-order valence-corrected chi connectivity index (χ4v) is 4.23. The molecule has 0 saturated heterocycles. The number of carbonyl (C=O) groups is 1. The number of aromatic nitrogens is 1. The average Bonchev–Trinajstić information content (AvgIpc) is 3.49. The number of nitro benzene ring substituents is 1. The first-order valence-electron chi connectivity index (χ1n) is 11.7. The van der Waals surface area contributed by atoms with Gasteiger partial charge in [-0.05, 0) is 62.6 Å². The molecule has 1 aromatic heterocycles. The van der Waals surface area contributed by atoms with Crippen LogP contribution in [0.1, 0.15) is 11.1 Å². The van der Waals surface area contributed by atoms with Gasteiger partial charge in [0.2, 0.25) is 12.7 Å². The first-order chi connectivity index (χ1) is 18.2. The Hall–Kier alpha value is -4.90. The summed E-state index contributed by atoms with van der Waals surface area (Å²) in [5.41, 5.74) is 3.04. The molecule has 194 valence electrons. The number of hydrogen-bond acceptors (Lipinski definition) is 8. The van der Waals surface area contributed by atoms with Gasteiger partial charge in [-0.25, -0.2) is 4.99 Å². The summed E-state index contributed by atoms with van der Waals surface area (Å²) in [5.74, 6) is 0.913. The number of nitrogens with zero attached hydrogens (tertiary/aromatic N) is 4. The lowest BCUT2D eigenvalue weighted by Gasteiger charge is -2.19. The van der Waals surface area contributed by atoms with Crippen molar-refractivity contribution in [3.8, 4) is 17.4 Å². The van der Waals surface area contributed by atoms with Crippen molar-refractivity contribution in [3.63, 3.8) is 0 Å². The van der Waals surface area contributed by atoms with Crippen LogP contribution in [0, 0.1) is 10.1 Å². The fourth-order valence-electron chi connectivity index (χ4n) is 4.23. The van der Waals surface area contributed by atoms with Crippen LogP contribution in [0.2, 0.25) is 0 Å². The number of nitro groups is 1. The Kier molecular flexibility index (Phi) is 6.43. The van der Waals surface area contributed by atoms with E-state index in [0.717, 1.165) is 0 Å². The number of H-pyrrole nitrogens is 1. The molecule has 1 aliphatic heterocycles. The van der Waals surface area contributed by atoms with Crippen molar-refractivity contribution < 1.29 is 24.3 Å². The van der Waals surface area contributed by atoms with Crippen molar-refractivity contribution in [1.29, 1.82) is 0 Å². The molecule has 11 nitrogen and oxygen atoms in total. The highest BCUT2D eigenvalue weighted by Gasteiger charge is 2.23. The Morgan fingerprint density at radius 3 is 2.50 bits per heavy atom. The van der Waals surface area contributed by atoms with Gasteiger partial charge in [0.25, 0.3) is 5.69 Å². The number of nitrogens with one attached hydrogen (secondary N) is 1. The second kappa shape index (κ2) is 9.87. The molecule has 0 bridgehead atoms. The normalized spacial score (nSPS) is 12.8. The van der Waals surface area contributed by atoms with E-state index in [-0.39, 0.29) is 30.8 Å². The SMILES string of the molecule is CN(C)CC(=O)N(C)c1ccc(N=C(c2ccc3c(c2)OCO3)c2c(O)[nH]c3cc([N+](=O)[O-])ccc23)cc1. The van der Waals surface area contributed by atoms with Gasteiger partial charge in [-0.2, -0.15) is 0 Å². The summed E-state index contributed by atoms with van der Waals surface area (Å²) in [7, 11) is 5.38. The number of non-ortho nitro benzene ring substituents is 1. The third kappa shape index (κ3) is 4.74. The topological polar surface area (TPSA) is 134 Å². The summed E-state index contributed by atoms with van der Waals surface area (Å²) in [4.78, 5) is 34.3. The van der Waals surface area contributed by atoms with Crippen molar-refractivity contribution in [2.24, 2.45) is 4.99 Å². The minimum atomic E-state index is -0.494. The second-order valence-corrected chi connectivity index (χ2v) is 9.07. The lowest BCUT2D eigenvalue weighted by molar-refractivity contribution is -0.384. The number of fused-ring (bicyclic) bond motifs is 2. The minimum absolute atomic E-state index is 0.0508. The zero-order valence-corrected chi connectivity index (χ0v) is 21.0. The highest BCUT2D eigenvalue weighted by atomic mass is 16.7. The number of likely N-dealkylation sites (N-methyl/N-ethyl adjacent to an activating group) is 2. The molecule has 0 atom stereocenters. The highest BCUT2D eigenvalue weighted by Crippen LogP contribution is 2.37. The molecule has 0 unspecified atom stereocenters. The predicted octanol–water partition coefficient (Wildman–Crippen LogP) is 4.20. The summed E-state index contributed by atoms with van der Waals surface area (Å²) in [6, 6.07) is 16.8. The zero-order chi connectivity index (χ0) is 27.0. The first kappa shape index (κ1) is 24.8.